The molecule has 0 saturated carbocycles. The number of halogens is 1. The number of carbonyl (C=O) groups is 2. The first-order chi connectivity index (χ1) is 17.4. The van der Waals surface area contributed by atoms with Crippen LogP contribution in [0, 0.1) is 11.8 Å². The van der Waals surface area contributed by atoms with Crippen LogP contribution in [0.3, 0.4) is 0 Å². The minimum absolute atomic E-state index is 0.131. The van der Waals surface area contributed by atoms with E-state index in [4.69, 9.17) is 14.2 Å². The molecule has 3 unspecified atom stereocenters. The molecule has 0 aromatic rings. The maximum atomic E-state index is 14.8. The highest BCUT2D eigenvalue weighted by molar-refractivity contribution is 5.66. The zero-order valence-corrected chi connectivity index (χ0v) is 23.1. The van der Waals surface area contributed by atoms with E-state index in [9.17, 15) is 19.1 Å². The summed E-state index contributed by atoms with van der Waals surface area (Å²) in [6.07, 6.45) is 16.1. The van der Waals surface area contributed by atoms with E-state index in [1.165, 1.54) is 77.6 Å². The Kier molecular flexibility index (Phi) is 19.0. The average Bonchev–Trinajstić information content (AvgIpc) is 2.85. The number of alkyl halides is 1. The number of rotatable bonds is 22. The topological polar surface area (TPSA) is 82.1 Å². The number of aliphatic hydroxyl groups excluding tert-OH is 1. The van der Waals surface area contributed by atoms with Gasteiger partial charge in [0.15, 0.2) is 12.4 Å². The summed E-state index contributed by atoms with van der Waals surface area (Å²) in [4.78, 5) is 21.3. The van der Waals surface area contributed by atoms with Crippen LogP contribution >= 0.6 is 0 Å². The van der Waals surface area contributed by atoms with Gasteiger partial charge < -0.3 is 19.3 Å². The highest BCUT2D eigenvalue weighted by Gasteiger charge is 2.45. The zero-order valence-electron chi connectivity index (χ0n) is 23.1. The maximum absolute atomic E-state index is 14.8. The van der Waals surface area contributed by atoms with Gasteiger partial charge in [-0.15, -0.1) is 0 Å². The second kappa shape index (κ2) is 20.8. The van der Waals surface area contributed by atoms with Gasteiger partial charge in [0.05, 0.1) is 12.7 Å². The maximum Gasteiger partial charge on any atom is 0.303 e. The molecule has 7 heteroatoms. The highest BCUT2D eigenvalue weighted by Crippen LogP contribution is 2.35. The van der Waals surface area contributed by atoms with Crippen molar-refractivity contribution in [2.75, 3.05) is 6.61 Å². The lowest BCUT2D eigenvalue weighted by Crippen LogP contribution is -2.53. The predicted molar refractivity (Wildman–Crippen MR) is 140 cm³/mol. The first-order valence-electron chi connectivity index (χ1n) is 14.6. The smallest absolute Gasteiger partial charge is 0.303 e. The summed E-state index contributed by atoms with van der Waals surface area (Å²) >= 11 is 0. The number of carbonyl (C=O) groups excluding carboxylic acids is 2. The highest BCUT2D eigenvalue weighted by atomic mass is 19.1. The molecule has 1 saturated heterocycles. The summed E-state index contributed by atoms with van der Waals surface area (Å²) in [6.45, 7) is 6.17. The number of unbranched alkanes of at least 4 members (excludes halogenated alkanes) is 15. The van der Waals surface area contributed by atoms with Crippen molar-refractivity contribution in [2.45, 2.75) is 155 Å². The Hall–Kier alpha value is -1.21. The lowest BCUT2D eigenvalue weighted by molar-refractivity contribution is -0.267. The molecule has 0 bridgehead atoms. The third kappa shape index (κ3) is 14.5. The van der Waals surface area contributed by atoms with E-state index in [-0.39, 0.29) is 11.8 Å². The van der Waals surface area contributed by atoms with Gasteiger partial charge >= 0.3 is 5.97 Å². The Morgan fingerprint density at radius 1 is 0.833 bits per heavy atom. The Labute approximate surface area is 219 Å². The van der Waals surface area contributed by atoms with Crippen molar-refractivity contribution in [2.24, 2.45) is 11.8 Å². The third-order valence-corrected chi connectivity index (χ3v) is 7.66. The summed E-state index contributed by atoms with van der Waals surface area (Å²) in [5.74, 6) is -0.754. The van der Waals surface area contributed by atoms with Crippen LogP contribution in [0.15, 0.2) is 0 Å². The number of aliphatic hydroxyl groups is 1. The van der Waals surface area contributed by atoms with Crippen LogP contribution in [-0.4, -0.2) is 48.8 Å². The van der Waals surface area contributed by atoms with Crippen molar-refractivity contribution in [3.8, 4) is 0 Å². The van der Waals surface area contributed by atoms with Gasteiger partial charge in [-0.25, -0.2) is 4.39 Å². The molecule has 0 radical (unpaired) electrons. The molecule has 1 fully saturated rings. The van der Waals surface area contributed by atoms with E-state index in [2.05, 4.69) is 0 Å². The van der Waals surface area contributed by atoms with Crippen LogP contribution in [0.2, 0.25) is 0 Å². The first kappa shape index (κ1) is 32.8. The van der Waals surface area contributed by atoms with Gasteiger partial charge in [-0.05, 0) is 18.8 Å². The van der Waals surface area contributed by atoms with Gasteiger partial charge in [0.1, 0.15) is 6.17 Å². The van der Waals surface area contributed by atoms with E-state index in [1.54, 1.807) is 0 Å². The summed E-state index contributed by atoms with van der Waals surface area (Å²) < 4.78 is 30.2. The molecule has 6 nitrogen and oxygen atoms in total. The van der Waals surface area contributed by atoms with Crippen molar-refractivity contribution in [3.63, 3.8) is 0 Å². The molecule has 0 aromatic carbocycles. The Morgan fingerprint density at radius 2 is 1.28 bits per heavy atom. The van der Waals surface area contributed by atoms with Crippen LogP contribution in [0.25, 0.3) is 0 Å². The minimum Gasteiger partial charge on any atom is -0.468 e. The molecule has 1 rings (SSSR count). The number of ether oxygens (including phenoxy) is 3. The molecule has 1 aliphatic rings. The lowest BCUT2D eigenvalue weighted by atomic mass is 9.81. The SMILES string of the molecule is CC(=O)OC1C(O)OC([C@@H](F)CCCCCCCCCCCCCCCCCCOC=O)[C@@H](C)[C@@H]1C. The van der Waals surface area contributed by atoms with Crippen molar-refractivity contribution in [1.29, 1.82) is 0 Å². The quantitative estimate of drug-likeness (QED) is 0.0943. The Bertz CT molecular complexity index is 560. The Balaban J connectivity index is 1.93. The molecule has 6 atom stereocenters. The summed E-state index contributed by atoms with van der Waals surface area (Å²) in [6, 6.07) is 0. The van der Waals surface area contributed by atoms with Crippen molar-refractivity contribution >= 4 is 12.4 Å². The average molecular weight is 517 g/mol. The van der Waals surface area contributed by atoms with Crippen molar-refractivity contribution < 1.29 is 33.3 Å². The first-order valence-corrected chi connectivity index (χ1v) is 14.6. The van der Waals surface area contributed by atoms with Crippen LogP contribution in [0.4, 0.5) is 4.39 Å². The van der Waals surface area contributed by atoms with Gasteiger partial charge in [0, 0.05) is 12.8 Å². The molecule has 36 heavy (non-hydrogen) atoms. The van der Waals surface area contributed by atoms with Gasteiger partial charge in [0.2, 0.25) is 0 Å². The van der Waals surface area contributed by atoms with Crippen molar-refractivity contribution in [3.05, 3.63) is 0 Å². The Morgan fingerprint density at radius 3 is 1.72 bits per heavy atom. The molecule has 0 amide bonds. The molecular weight excluding hydrogens is 463 g/mol. The monoisotopic (exact) mass is 516 g/mol. The fourth-order valence-electron chi connectivity index (χ4n) is 5.20. The van der Waals surface area contributed by atoms with Gasteiger partial charge in [0.25, 0.3) is 6.47 Å². The van der Waals surface area contributed by atoms with Gasteiger partial charge in [-0.1, -0.05) is 110 Å². The lowest BCUT2D eigenvalue weighted by Gasteiger charge is -2.43. The number of hydrogen-bond donors (Lipinski definition) is 1. The van der Waals surface area contributed by atoms with E-state index >= 15 is 0 Å². The standard InChI is InChI=1S/C29H53FO6/c1-23-24(2)28(35-25(3)32)29(33)36-27(23)26(30)20-18-16-14-12-10-8-6-4-5-7-9-11-13-15-17-19-21-34-22-31/h22-24,26-29,33H,4-21H2,1-3H3/t23-,24-,26-,27?,28?,29?/m0/s1. The fourth-order valence-corrected chi connectivity index (χ4v) is 5.20. The molecule has 1 aliphatic heterocycles. The summed E-state index contributed by atoms with van der Waals surface area (Å²) in [7, 11) is 0. The largest absolute Gasteiger partial charge is 0.468 e. The normalized spacial score (nSPS) is 24.9. The van der Waals surface area contributed by atoms with E-state index in [1.807, 2.05) is 13.8 Å². The fraction of sp³-hybridized carbons (Fsp3) is 0.931. The zero-order chi connectivity index (χ0) is 26.6. The van der Waals surface area contributed by atoms with E-state index < -0.39 is 30.6 Å². The van der Waals surface area contributed by atoms with E-state index in [0.29, 0.717) is 19.5 Å². The molecule has 0 aliphatic carbocycles. The third-order valence-electron chi connectivity index (χ3n) is 7.66. The second-order valence-electron chi connectivity index (χ2n) is 10.7. The minimum atomic E-state index is -1.27. The van der Waals surface area contributed by atoms with Crippen LogP contribution in [-0.2, 0) is 23.8 Å². The summed E-state index contributed by atoms with van der Waals surface area (Å²) in [5.41, 5.74) is 0. The number of hydrogen-bond acceptors (Lipinski definition) is 6. The molecule has 0 aromatic heterocycles. The van der Waals surface area contributed by atoms with E-state index in [0.717, 1.165) is 32.1 Å². The predicted octanol–water partition coefficient (Wildman–Crippen LogP) is 7.05. The second-order valence-corrected chi connectivity index (χ2v) is 10.7. The summed E-state index contributed by atoms with van der Waals surface area (Å²) in [5, 5.41) is 10.2. The van der Waals surface area contributed by atoms with Gasteiger partial charge in [-0.3, -0.25) is 9.59 Å². The van der Waals surface area contributed by atoms with Gasteiger partial charge in [-0.2, -0.15) is 0 Å². The number of esters is 1. The molecule has 212 valence electrons. The molecule has 0 spiro atoms. The molecule has 1 heterocycles. The van der Waals surface area contributed by atoms with Crippen LogP contribution < -0.4 is 0 Å². The van der Waals surface area contributed by atoms with Crippen LogP contribution in [0.5, 0.6) is 0 Å². The van der Waals surface area contributed by atoms with Crippen LogP contribution in [0.1, 0.15) is 130 Å². The van der Waals surface area contributed by atoms with Crippen molar-refractivity contribution in [1.82, 2.24) is 0 Å². The molecule has 1 N–H and O–H groups in total. The molecular formula is C29H53FO6.